The summed E-state index contributed by atoms with van der Waals surface area (Å²) < 4.78 is 0. The topological polar surface area (TPSA) is 34.1 Å². The Balaban J connectivity index is 0.000000358. The van der Waals surface area contributed by atoms with E-state index in [1.807, 2.05) is 13.0 Å². The second-order valence-corrected chi connectivity index (χ2v) is 8.83. The quantitative estimate of drug-likeness (QED) is 0.616. The van der Waals surface area contributed by atoms with Crippen LogP contribution in [0.25, 0.3) is 0 Å². The van der Waals surface area contributed by atoms with Gasteiger partial charge in [0.25, 0.3) is 0 Å². The molecule has 5 aliphatic carbocycles. The van der Waals surface area contributed by atoms with Gasteiger partial charge in [-0.05, 0) is 73.0 Å². The largest absolute Gasteiger partial charge is 0.303 e. The van der Waals surface area contributed by atoms with Crippen LogP contribution in [0.3, 0.4) is 0 Å². The van der Waals surface area contributed by atoms with Gasteiger partial charge in [0.15, 0.2) is 5.78 Å². The van der Waals surface area contributed by atoms with E-state index in [1.165, 1.54) is 31.3 Å². The monoisotopic (exact) mass is 338 g/mol. The van der Waals surface area contributed by atoms with Crippen molar-refractivity contribution in [2.24, 2.45) is 29.1 Å². The van der Waals surface area contributed by atoms with E-state index in [0.29, 0.717) is 18.1 Å². The zero-order chi connectivity index (χ0) is 17.8. The standard InChI is InChI=1S/C20H24O.C3H6O/c1-11-3-4-14-13(11)5-6-17-19(14)16-10-15(16)18-9-12(21)7-8-20(17,18)2;1-2-3-4/h4,9,11,13,15-16H,3,5-8,10H2,1-2H3;3H,2H2,1H3. The molecular weight excluding hydrogens is 308 g/mol. The molecule has 5 aliphatic rings. The van der Waals surface area contributed by atoms with E-state index in [0.717, 1.165) is 36.9 Å². The molecule has 0 heterocycles. The van der Waals surface area contributed by atoms with Crippen molar-refractivity contribution in [3.63, 3.8) is 0 Å². The Kier molecular flexibility index (Phi) is 4.13. The Labute approximate surface area is 151 Å². The predicted molar refractivity (Wildman–Crippen MR) is 100.0 cm³/mol. The highest BCUT2D eigenvalue weighted by atomic mass is 16.1. The normalized spacial score (nSPS) is 40.5. The average Bonchev–Trinajstić information content (AvgIpc) is 3.33. The Morgan fingerprint density at radius 3 is 2.72 bits per heavy atom. The first-order valence-corrected chi connectivity index (χ1v) is 10.1. The highest BCUT2D eigenvalue weighted by Crippen LogP contribution is 2.68. The summed E-state index contributed by atoms with van der Waals surface area (Å²) in [5.74, 6) is 3.53. The van der Waals surface area contributed by atoms with Crippen molar-refractivity contribution in [2.45, 2.75) is 65.7 Å². The summed E-state index contributed by atoms with van der Waals surface area (Å²) >= 11 is 0. The molecule has 5 rings (SSSR count). The van der Waals surface area contributed by atoms with Gasteiger partial charge in [-0.1, -0.05) is 38.0 Å². The summed E-state index contributed by atoms with van der Waals surface area (Å²) in [6, 6.07) is 0. The highest BCUT2D eigenvalue weighted by Gasteiger charge is 2.58. The van der Waals surface area contributed by atoms with E-state index in [4.69, 9.17) is 0 Å². The number of ketones is 1. The molecule has 2 heteroatoms. The maximum Gasteiger partial charge on any atom is 0.155 e. The Hall–Kier alpha value is -1.44. The molecule has 25 heavy (non-hydrogen) atoms. The molecule has 0 N–H and O–H groups in total. The lowest BCUT2D eigenvalue weighted by Crippen LogP contribution is -2.35. The van der Waals surface area contributed by atoms with Gasteiger partial charge in [0.1, 0.15) is 6.29 Å². The van der Waals surface area contributed by atoms with Crippen LogP contribution >= 0.6 is 0 Å². The highest BCUT2D eigenvalue weighted by molar-refractivity contribution is 5.92. The van der Waals surface area contributed by atoms with Gasteiger partial charge in [0, 0.05) is 18.3 Å². The Morgan fingerprint density at radius 1 is 1.24 bits per heavy atom. The van der Waals surface area contributed by atoms with Crippen LogP contribution in [0.2, 0.25) is 0 Å². The Bertz CT molecular complexity index is 708. The molecule has 0 bridgehead atoms. The number of rotatable bonds is 1. The zero-order valence-corrected chi connectivity index (χ0v) is 15.8. The number of hydrogen-bond donors (Lipinski definition) is 0. The molecule has 0 aliphatic heterocycles. The van der Waals surface area contributed by atoms with Gasteiger partial charge >= 0.3 is 0 Å². The van der Waals surface area contributed by atoms with E-state index < -0.39 is 0 Å². The molecule has 0 radical (unpaired) electrons. The minimum absolute atomic E-state index is 0.221. The van der Waals surface area contributed by atoms with Gasteiger partial charge in [-0.2, -0.15) is 0 Å². The van der Waals surface area contributed by atoms with Crippen molar-refractivity contribution in [3.8, 4) is 0 Å². The minimum Gasteiger partial charge on any atom is -0.303 e. The fourth-order valence-electron chi connectivity index (χ4n) is 5.93. The van der Waals surface area contributed by atoms with Gasteiger partial charge in [-0.25, -0.2) is 0 Å². The SMILES string of the molecule is CC1CC=C2C3=C(CCC21)C1(C)CCC(=O)C=C1C1CC31.CCC=O. The van der Waals surface area contributed by atoms with Crippen LogP contribution in [-0.2, 0) is 9.59 Å². The van der Waals surface area contributed by atoms with Crippen molar-refractivity contribution in [3.05, 3.63) is 34.4 Å². The van der Waals surface area contributed by atoms with Crippen LogP contribution in [0.4, 0.5) is 0 Å². The molecular formula is C23H30O2. The van der Waals surface area contributed by atoms with Gasteiger partial charge in [-0.15, -0.1) is 0 Å². The maximum atomic E-state index is 11.9. The second kappa shape index (κ2) is 6.07. The third-order valence-corrected chi connectivity index (χ3v) is 7.36. The fourth-order valence-corrected chi connectivity index (χ4v) is 5.93. The number of aldehydes is 1. The first-order valence-electron chi connectivity index (χ1n) is 10.1. The summed E-state index contributed by atoms with van der Waals surface area (Å²) in [6.07, 6.45) is 13.2. The zero-order valence-electron chi connectivity index (χ0n) is 15.8. The summed E-state index contributed by atoms with van der Waals surface area (Å²) in [6.45, 7) is 6.68. The fraction of sp³-hybridized carbons (Fsp3) is 0.652. The first-order chi connectivity index (χ1) is 12.0. The number of fused-ring (bicyclic) bond motifs is 7. The third-order valence-electron chi connectivity index (χ3n) is 7.36. The molecule has 0 saturated heterocycles. The van der Waals surface area contributed by atoms with Gasteiger partial charge in [-0.3, -0.25) is 4.79 Å². The molecule has 0 spiro atoms. The first kappa shape index (κ1) is 17.0. The van der Waals surface area contributed by atoms with Crippen molar-refractivity contribution in [2.75, 3.05) is 0 Å². The molecule has 0 aromatic heterocycles. The average molecular weight is 338 g/mol. The number of carbonyl (C=O) groups is 2. The predicted octanol–water partition coefficient (Wildman–Crippen LogP) is 5.20. The maximum absolute atomic E-state index is 11.9. The van der Waals surface area contributed by atoms with E-state index in [1.54, 1.807) is 16.7 Å². The van der Waals surface area contributed by atoms with Crippen LogP contribution in [0.5, 0.6) is 0 Å². The van der Waals surface area contributed by atoms with Gasteiger partial charge < -0.3 is 4.79 Å². The smallest absolute Gasteiger partial charge is 0.155 e. The summed E-state index contributed by atoms with van der Waals surface area (Å²) in [4.78, 5) is 21.1. The number of carbonyl (C=O) groups excluding carboxylic acids is 2. The lowest BCUT2D eigenvalue weighted by Gasteiger charge is -2.46. The summed E-state index contributed by atoms with van der Waals surface area (Å²) in [5.41, 5.74) is 6.96. The van der Waals surface area contributed by atoms with Gasteiger partial charge in [0.2, 0.25) is 0 Å². The molecule has 134 valence electrons. The van der Waals surface area contributed by atoms with Crippen molar-refractivity contribution in [1.82, 2.24) is 0 Å². The molecule has 0 aromatic rings. The van der Waals surface area contributed by atoms with Gasteiger partial charge in [0.05, 0.1) is 0 Å². The van der Waals surface area contributed by atoms with Crippen molar-refractivity contribution < 1.29 is 9.59 Å². The molecule has 2 nitrogen and oxygen atoms in total. The van der Waals surface area contributed by atoms with Crippen LogP contribution < -0.4 is 0 Å². The van der Waals surface area contributed by atoms with E-state index in [2.05, 4.69) is 19.9 Å². The lowest BCUT2D eigenvalue weighted by atomic mass is 9.58. The molecule has 0 amide bonds. The molecule has 1 saturated carbocycles. The molecule has 0 aromatic carbocycles. The number of hydrogen-bond acceptors (Lipinski definition) is 2. The minimum atomic E-state index is 0.221. The van der Waals surface area contributed by atoms with Crippen molar-refractivity contribution >= 4 is 12.1 Å². The number of allylic oxidation sites excluding steroid dienone is 6. The van der Waals surface area contributed by atoms with E-state index in [-0.39, 0.29) is 5.41 Å². The van der Waals surface area contributed by atoms with E-state index >= 15 is 0 Å². The molecule has 5 unspecified atom stereocenters. The third kappa shape index (κ3) is 2.52. The molecule has 5 atom stereocenters. The van der Waals surface area contributed by atoms with Crippen LogP contribution in [0.1, 0.15) is 65.7 Å². The Morgan fingerprint density at radius 2 is 2.00 bits per heavy atom. The van der Waals surface area contributed by atoms with Crippen LogP contribution in [0, 0.1) is 29.1 Å². The van der Waals surface area contributed by atoms with Crippen molar-refractivity contribution in [1.29, 1.82) is 0 Å². The summed E-state index contributed by atoms with van der Waals surface area (Å²) in [5, 5.41) is 0. The van der Waals surface area contributed by atoms with E-state index in [9.17, 15) is 9.59 Å². The lowest BCUT2D eigenvalue weighted by molar-refractivity contribution is -0.115. The summed E-state index contributed by atoms with van der Waals surface area (Å²) in [7, 11) is 0. The van der Waals surface area contributed by atoms with Crippen LogP contribution in [-0.4, -0.2) is 12.1 Å². The van der Waals surface area contributed by atoms with Crippen LogP contribution in [0.15, 0.2) is 34.4 Å². The second-order valence-electron chi connectivity index (χ2n) is 8.83. The molecule has 1 fully saturated rings.